The van der Waals surface area contributed by atoms with Gasteiger partial charge in [0.1, 0.15) is 34.3 Å². The van der Waals surface area contributed by atoms with Crippen molar-refractivity contribution in [1.29, 1.82) is 10.5 Å². The normalized spacial score (nSPS) is 10.4. The van der Waals surface area contributed by atoms with Crippen LogP contribution < -0.4 is 15.8 Å². The second-order valence-corrected chi connectivity index (χ2v) is 8.69. The van der Waals surface area contributed by atoms with Crippen molar-refractivity contribution in [1.82, 2.24) is 4.98 Å². The number of anilines is 2. The van der Waals surface area contributed by atoms with E-state index in [0.717, 1.165) is 17.3 Å². The second-order valence-electron chi connectivity index (χ2n) is 7.73. The molecule has 0 fully saturated rings. The lowest BCUT2D eigenvalue weighted by atomic mass is 9.94. The van der Waals surface area contributed by atoms with Gasteiger partial charge < -0.3 is 15.8 Å². The van der Waals surface area contributed by atoms with Crippen LogP contribution in [-0.2, 0) is 4.79 Å². The highest BCUT2D eigenvalue weighted by molar-refractivity contribution is 8.00. The molecule has 2 aromatic carbocycles. The average molecular weight is 472 g/mol. The van der Waals surface area contributed by atoms with Crippen molar-refractivity contribution in [3.8, 4) is 29.0 Å². The molecule has 0 radical (unpaired) electrons. The maximum atomic E-state index is 12.6. The van der Waals surface area contributed by atoms with E-state index in [1.54, 1.807) is 18.2 Å². The van der Waals surface area contributed by atoms with Gasteiger partial charge in [0.05, 0.1) is 17.9 Å². The van der Waals surface area contributed by atoms with Gasteiger partial charge in [0.2, 0.25) is 5.91 Å². The van der Waals surface area contributed by atoms with Crippen LogP contribution in [0.2, 0.25) is 0 Å². The number of nitrogens with zero attached hydrogens (tertiary/aromatic N) is 3. The molecule has 7 nitrogen and oxygen atoms in total. The highest BCUT2D eigenvalue weighted by atomic mass is 32.2. The van der Waals surface area contributed by atoms with E-state index in [2.05, 4.69) is 36.3 Å². The summed E-state index contributed by atoms with van der Waals surface area (Å²) in [5.41, 5.74) is 9.32. The van der Waals surface area contributed by atoms with Crippen LogP contribution >= 0.6 is 11.8 Å². The molecular formula is C26H25N5O2S. The molecule has 1 amide bonds. The summed E-state index contributed by atoms with van der Waals surface area (Å²) < 4.78 is 5.46. The molecule has 3 N–H and O–H groups in total. The average Bonchev–Trinajstić information content (AvgIpc) is 2.82. The lowest BCUT2D eigenvalue weighted by molar-refractivity contribution is -0.113. The van der Waals surface area contributed by atoms with Crippen molar-refractivity contribution in [2.24, 2.45) is 0 Å². The van der Waals surface area contributed by atoms with E-state index in [0.29, 0.717) is 40.1 Å². The highest BCUT2D eigenvalue weighted by Gasteiger charge is 2.21. The number of amides is 1. The van der Waals surface area contributed by atoms with E-state index in [9.17, 15) is 15.3 Å². The van der Waals surface area contributed by atoms with Crippen LogP contribution in [0.5, 0.6) is 5.75 Å². The number of nitrogen functional groups attached to an aromatic ring is 1. The summed E-state index contributed by atoms with van der Waals surface area (Å²) in [6, 6.07) is 19.0. The molecular weight excluding hydrogens is 446 g/mol. The molecule has 0 aliphatic heterocycles. The van der Waals surface area contributed by atoms with Gasteiger partial charge in [-0.25, -0.2) is 4.98 Å². The number of ether oxygens (including phenoxy) is 1. The molecule has 0 aliphatic rings. The van der Waals surface area contributed by atoms with Gasteiger partial charge in [0, 0.05) is 17.3 Å². The van der Waals surface area contributed by atoms with Gasteiger partial charge in [0.15, 0.2) is 0 Å². The highest BCUT2D eigenvalue weighted by Crippen LogP contribution is 2.36. The van der Waals surface area contributed by atoms with E-state index >= 15 is 0 Å². The fourth-order valence-corrected chi connectivity index (χ4v) is 4.18. The third kappa shape index (κ3) is 5.67. The molecule has 1 aromatic heterocycles. The maximum absolute atomic E-state index is 12.6. The Labute approximate surface area is 203 Å². The predicted molar refractivity (Wildman–Crippen MR) is 135 cm³/mol. The Bertz CT molecular complexity index is 1270. The fourth-order valence-electron chi connectivity index (χ4n) is 3.39. The van der Waals surface area contributed by atoms with Gasteiger partial charge in [-0.1, -0.05) is 55.9 Å². The predicted octanol–water partition coefficient (Wildman–Crippen LogP) is 5.33. The van der Waals surface area contributed by atoms with Crippen molar-refractivity contribution in [3.05, 3.63) is 65.2 Å². The number of benzene rings is 2. The van der Waals surface area contributed by atoms with E-state index < -0.39 is 0 Å². The van der Waals surface area contributed by atoms with Crippen molar-refractivity contribution in [2.45, 2.75) is 31.7 Å². The lowest BCUT2D eigenvalue weighted by Crippen LogP contribution is -2.14. The Morgan fingerprint density at radius 3 is 2.47 bits per heavy atom. The van der Waals surface area contributed by atoms with Crippen LogP contribution in [0.4, 0.5) is 11.5 Å². The van der Waals surface area contributed by atoms with Crippen LogP contribution in [0.15, 0.2) is 53.6 Å². The molecule has 3 rings (SSSR count). The first-order valence-electron chi connectivity index (χ1n) is 10.8. The zero-order valence-electron chi connectivity index (χ0n) is 19.3. The van der Waals surface area contributed by atoms with E-state index in [4.69, 9.17) is 10.5 Å². The van der Waals surface area contributed by atoms with Gasteiger partial charge in [-0.3, -0.25) is 4.79 Å². The molecule has 0 bridgehead atoms. The Kier molecular flexibility index (Phi) is 8.13. The molecule has 0 saturated heterocycles. The number of thioether (sulfide) groups is 1. The molecule has 1 heterocycles. The molecule has 8 heteroatoms. The molecule has 34 heavy (non-hydrogen) atoms. The molecule has 0 atom stereocenters. The summed E-state index contributed by atoms with van der Waals surface area (Å²) in [7, 11) is 0. The number of rotatable bonds is 8. The Morgan fingerprint density at radius 1 is 1.15 bits per heavy atom. The minimum Gasteiger partial charge on any atom is -0.494 e. The minimum atomic E-state index is -0.268. The topological polar surface area (TPSA) is 125 Å². The SMILES string of the molecule is CCOc1cccc(NC(=O)CSc2nc(N)c(C#N)c(-c3ccc(C(C)C)cc3)c2C#N)c1. The van der Waals surface area contributed by atoms with Crippen LogP contribution in [0, 0.1) is 22.7 Å². The number of nitriles is 2. The van der Waals surface area contributed by atoms with E-state index in [1.165, 1.54) is 0 Å². The molecule has 172 valence electrons. The van der Waals surface area contributed by atoms with Crippen molar-refractivity contribution in [3.63, 3.8) is 0 Å². The minimum absolute atomic E-state index is 0.0115. The van der Waals surface area contributed by atoms with Crippen molar-refractivity contribution >= 4 is 29.2 Å². The summed E-state index contributed by atoms with van der Waals surface area (Å²) in [6.45, 7) is 6.60. The largest absolute Gasteiger partial charge is 0.494 e. The zero-order chi connectivity index (χ0) is 24.7. The first kappa shape index (κ1) is 24.6. The number of nitrogens with one attached hydrogen (secondary N) is 1. The van der Waals surface area contributed by atoms with Crippen molar-refractivity contribution in [2.75, 3.05) is 23.4 Å². The fraction of sp³-hybridized carbons (Fsp3) is 0.231. The van der Waals surface area contributed by atoms with Crippen LogP contribution in [0.25, 0.3) is 11.1 Å². The first-order chi connectivity index (χ1) is 16.4. The third-order valence-electron chi connectivity index (χ3n) is 5.05. The Balaban J connectivity index is 1.88. The molecule has 0 unspecified atom stereocenters. The first-order valence-corrected chi connectivity index (χ1v) is 11.8. The molecule has 3 aromatic rings. The van der Waals surface area contributed by atoms with Gasteiger partial charge in [0.25, 0.3) is 0 Å². The van der Waals surface area contributed by atoms with Gasteiger partial charge in [-0.15, -0.1) is 0 Å². The molecule has 0 aliphatic carbocycles. The molecule has 0 spiro atoms. The summed E-state index contributed by atoms with van der Waals surface area (Å²) in [6.07, 6.45) is 0. The van der Waals surface area contributed by atoms with Crippen LogP contribution in [-0.4, -0.2) is 23.3 Å². The lowest BCUT2D eigenvalue weighted by Gasteiger charge is -2.14. The van der Waals surface area contributed by atoms with E-state index in [1.807, 2.05) is 37.3 Å². The standard InChI is InChI=1S/C26H25N5O2S/c1-4-33-20-7-5-6-19(12-20)30-23(32)15-34-26-22(14-28)24(21(13-27)25(29)31-26)18-10-8-17(9-11-18)16(2)3/h5-12,16H,4,15H2,1-3H3,(H2,29,31)(H,30,32). The Morgan fingerprint density at radius 2 is 1.85 bits per heavy atom. The second kappa shape index (κ2) is 11.2. The molecule has 0 saturated carbocycles. The van der Waals surface area contributed by atoms with Crippen molar-refractivity contribution < 1.29 is 9.53 Å². The van der Waals surface area contributed by atoms with E-state index in [-0.39, 0.29) is 28.6 Å². The third-order valence-corrected chi connectivity index (χ3v) is 6.03. The smallest absolute Gasteiger partial charge is 0.234 e. The zero-order valence-corrected chi connectivity index (χ0v) is 20.1. The number of pyridine rings is 1. The monoisotopic (exact) mass is 471 g/mol. The van der Waals surface area contributed by atoms with Crippen LogP contribution in [0.1, 0.15) is 43.4 Å². The quantitative estimate of drug-likeness (QED) is 0.426. The number of carbonyl (C=O) groups excluding carboxylic acids is 1. The van der Waals surface area contributed by atoms with Gasteiger partial charge >= 0.3 is 0 Å². The summed E-state index contributed by atoms with van der Waals surface area (Å²) in [4.78, 5) is 16.8. The number of hydrogen-bond donors (Lipinski definition) is 2. The number of aromatic nitrogens is 1. The van der Waals surface area contributed by atoms with Gasteiger partial charge in [-0.05, 0) is 36.1 Å². The summed E-state index contributed by atoms with van der Waals surface area (Å²) in [5, 5.41) is 22.7. The van der Waals surface area contributed by atoms with Gasteiger partial charge in [-0.2, -0.15) is 10.5 Å². The summed E-state index contributed by atoms with van der Waals surface area (Å²) in [5.74, 6) is 0.778. The number of hydrogen-bond acceptors (Lipinski definition) is 7. The number of nitrogens with two attached hydrogens (primary N) is 1. The summed E-state index contributed by atoms with van der Waals surface area (Å²) >= 11 is 1.10. The maximum Gasteiger partial charge on any atom is 0.234 e. The van der Waals surface area contributed by atoms with Crippen LogP contribution in [0.3, 0.4) is 0 Å². The Hall–Kier alpha value is -4.01. The number of carbonyl (C=O) groups is 1.